The predicted molar refractivity (Wildman–Crippen MR) is 68.8 cm³/mol. The lowest BCUT2D eigenvalue weighted by Crippen LogP contribution is -2.15. The third-order valence-electron chi connectivity index (χ3n) is 2.48. The molecule has 2 heterocycles. The Hall–Kier alpha value is -2.77. The summed E-state index contributed by atoms with van der Waals surface area (Å²) in [6.07, 6.45) is 4.78. The fourth-order valence-corrected chi connectivity index (χ4v) is 1.55. The highest BCUT2D eigenvalue weighted by Gasteiger charge is 2.05. The Labute approximate surface area is 114 Å². The van der Waals surface area contributed by atoms with E-state index in [1.807, 2.05) is 0 Å². The van der Waals surface area contributed by atoms with Gasteiger partial charge in [-0.1, -0.05) is 5.21 Å². The van der Waals surface area contributed by atoms with Crippen molar-refractivity contribution in [3.05, 3.63) is 36.4 Å². The number of nitrogens with zero attached hydrogens (tertiary/aromatic N) is 4. The molecule has 0 aliphatic heterocycles. The van der Waals surface area contributed by atoms with E-state index in [1.54, 1.807) is 29.2 Å². The van der Waals surface area contributed by atoms with Crippen molar-refractivity contribution in [2.24, 2.45) is 0 Å². The first-order chi connectivity index (χ1) is 9.63. The van der Waals surface area contributed by atoms with Crippen molar-refractivity contribution in [1.82, 2.24) is 20.0 Å². The minimum Gasteiger partial charge on any atom is -0.481 e. The summed E-state index contributed by atoms with van der Waals surface area (Å²) in [5, 5.41) is 18.7. The van der Waals surface area contributed by atoms with Crippen LogP contribution in [0.5, 0.6) is 0 Å². The first-order valence-electron chi connectivity index (χ1n) is 5.94. The molecule has 8 nitrogen and oxygen atoms in total. The summed E-state index contributed by atoms with van der Waals surface area (Å²) >= 11 is 0. The van der Waals surface area contributed by atoms with Crippen molar-refractivity contribution in [2.75, 3.05) is 5.32 Å². The van der Waals surface area contributed by atoms with Gasteiger partial charge in [0.05, 0.1) is 36.7 Å². The fraction of sp³-hybridized carbons (Fsp3) is 0.250. The van der Waals surface area contributed by atoms with Gasteiger partial charge in [0.2, 0.25) is 5.91 Å². The van der Waals surface area contributed by atoms with Crippen molar-refractivity contribution in [1.29, 1.82) is 0 Å². The SMILES string of the molecule is O=C(O)Cc1ccc(NC(=O)CCn2ccnn2)cn1. The molecule has 0 atom stereocenters. The quantitative estimate of drug-likeness (QED) is 0.786. The van der Waals surface area contributed by atoms with Crippen LogP contribution < -0.4 is 5.32 Å². The molecule has 104 valence electrons. The Morgan fingerprint density at radius 2 is 2.20 bits per heavy atom. The number of anilines is 1. The molecule has 0 saturated carbocycles. The minimum atomic E-state index is -0.942. The number of carboxylic acids is 1. The standard InChI is InChI=1S/C12H13N5O3/c18-11(3-5-17-6-4-14-16-17)15-10-2-1-9(13-8-10)7-12(19)20/h1-2,4,6,8H,3,5,7H2,(H,15,18)(H,19,20). The van der Waals surface area contributed by atoms with Gasteiger partial charge in [0.15, 0.2) is 0 Å². The van der Waals surface area contributed by atoms with Crippen LogP contribution >= 0.6 is 0 Å². The zero-order chi connectivity index (χ0) is 14.4. The van der Waals surface area contributed by atoms with Gasteiger partial charge < -0.3 is 10.4 Å². The van der Waals surface area contributed by atoms with Crippen LogP contribution in [0.1, 0.15) is 12.1 Å². The Kier molecular flexibility index (Phi) is 4.38. The number of pyridine rings is 1. The van der Waals surface area contributed by atoms with Crippen molar-refractivity contribution in [3.8, 4) is 0 Å². The average molecular weight is 275 g/mol. The number of hydrogen-bond acceptors (Lipinski definition) is 5. The zero-order valence-electron chi connectivity index (χ0n) is 10.6. The molecule has 0 aliphatic rings. The van der Waals surface area contributed by atoms with Gasteiger partial charge in [0.25, 0.3) is 0 Å². The Bertz CT molecular complexity index is 580. The van der Waals surface area contributed by atoms with E-state index >= 15 is 0 Å². The van der Waals surface area contributed by atoms with E-state index < -0.39 is 5.97 Å². The molecule has 0 fully saturated rings. The smallest absolute Gasteiger partial charge is 0.309 e. The third kappa shape index (κ3) is 4.16. The first-order valence-corrected chi connectivity index (χ1v) is 5.94. The topological polar surface area (TPSA) is 110 Å². The van der Waals surface area contributed by atoms with Crippen molar-refractivity contribution < 1.29 is 14.7 Å². The second-order valence-electron chi connectivity index (χ2n) is 4.07. The molecular formula is C12H13N5O3. The van der Waals surface area contributed by atoms with Crippen LogP contribution in [0.3, 0.4) is 0 Å². The predicted octanol–water partition coefficient (Wildman–Crippen LogP) is 0.329. The number of nitrogens with one attached hydrogen (secondary N) is 1. The van der Waals surface area contributed by atoms with E-state index in [9.17, 15) is 9.59 Å². The van der Waals surface area contributed by atoms with Crippen LogP contribution in [0.4, 0.5) is 5.69 Å². The first kappa shape index (κ1) is 13.7. The van der Waals surface area contributed by atoms with E-state index in [0.29, 0.717) is 17.9 Å². The minimum absolute atomic E-state index is 0.138. The Morgan fingerprint density at radius 1 is 1.35 bits per heavy atom. The Morgan fingerprint density at radius 3 is 2.80 bits per heavy atom. The number of hydrogen-bond donors (Lipinski definition) is 2. The molecule has 0 aliphatic carbocycles. The van der Waals surface area contributed by atoms with Gasteiger partial charge in [-0.25, -0.2) is 0 Å². The summed E-state index contributed by atoms with van der Waals surface area (Å²) in [6, 6.07) is 3.19. The molecule has 0 bridgehead atoms. The molecular weight excluding hydrogens is 262 g/mol. The summed E-state index contributed by atoms with van der Waals surface area (Å²) in [5.41, 5.74) is 0.973. The third-order valence-corrected chi connectivity index (χ3v) is 2.48. The lowest BCUT2D eigenvalue weighted by atomic mass is 10.2. The second-order valence-corrected chi connectivity index (χ2v) is 4.07. The number of rotatable bonds is 6. The van der Waals surface area contributed by atoms with Crippen LogP contribution in [0.15, 0.2) is 30.7 Å². The number of aliphatic carboxylic acids is 1. The maximum atomic E-state index is 11.7. The number of aryl methyl sites for hydroxylation is 1. The highest BCUT2D eigenvalue weighted by molar-refractivity contribution is 5.90. The van der Waals surface area contributed by atoms with Gasteiger partial charge >= 0.3 is 5.97 Å². The van der Waals surface area contributed by atoms with Gasteiger partial charge in [-0.15, -0.1) is 5.10 Å². The monoisotopic (exact) mass is 275 g/mol. The number of carbonyl (C=O) groups is 2. The van der Waals surface area contributed by atoms with Crippen LogP contribution in [0.25, 0.3) is 0 Å². The van der Waals surface area contributed by atoms with E-state index in [4.69, 9.17) is 5.11 Å². The molecule has 1 amide bonds. The van der Waals surface area contributed by atoms with Crippen molar-refractivity contribution >= 4 is 17.6 Å². The summed E-state index contributed by atoms with van der Waals surface area (Å²) in [7, 11) is 0. The number of amides is 1. The van der Waals surface area contributed by atoms with E-state index in [2.05, 4.69) is 20.6 Å². The lowest BCUT2D eigenvalue weighted by Gasteiger charge is -2.05. The molecule has 2 N–H and O–H groups in total. The highest BCUT2D eigenvalue weighted by Crippen LogP contribution is 2.07. The molecule has 0 radical (unpaired) electrons. The summed E-state index contributed by atoms with van der Waals surface area (Å²) in [5.74, 6) is -1.12. The number of carbonyl (C=O) groups excluding carboxylic acids is 1. The molecule has 2 aromatic rings. The van der Waals surface area contributed by atoms with E-state index in [-0.39, 0.29) is 18.7 Å². The maximum absolute atomic E-state index is 11.7. The van der Waals surface area contributed by atoms with Crippen LogP contribution in [-0.2, 0) is 22.6 Å². The average Bonchev–Trinajstić information content (AvgIpc) is 2.91. The maximum Gasteiger partial charge on any atom is 0.309 e. The number of aromatic nitrogens is 4. The zero-order valence-corrected chi connectivity index (χ0v) is 10.6. The molecule has 8 heteroatoms. The molecule has 20 heavy (non-hydrogen) atoms. The van der Waals surface area contributed by atoms with E-state index in [1.165, 1.54) is 6.20 Å². The van der Waals surface area contributed by atoms with Crippen molar-refractivity contribution in [3.63, 3.8) is 0 Å². The molecule has 0 spiro atoms. The highest BCUT2D eigenvalue weighted by atomic mass is 16.4. The molecule has 0 unspecified atom stereocenters. The van der Waals surface area contributed by atoms with Crippen LogP contribution in [-0.4, -0.2) is 37.0 Å². The molecule has 2 rings (SSSR count). The molecule has 0 saturated heterocycles. The second kappa shape index (κ2) is 6.41. The number of carboxylic acid groups (broad SMARTS) is 1. The van der Waals surface area contributed by atoms with E-state index in [0.717, 1.165) is 0 Å². The van der Waals surface area contributed by atoms with Crippen molar-refractivity contribution in [2.45, 2.75) is 19.4 Å². The summed E-state index contributed by atoms with van der Waals surface area (Å²) in [6.45, 7) is 0.441. The van der Waals surface area contributed by atoms with Gasteiger partial charge in [-0.3, -0.25) is 19.3 Å². The van der Waals surface area contributed by atoms with Crippen LogP contribution in [0, 0.1) is 0 Å². The fourth-order valence-electron chi connectivity index (χ4n) is 1.55. The van der Waals surface area contributed by atoms with Crippen LogP contribution in [0.2, 0.25) is 0 Å². The van der Waals surface area contributed by atoms with Gasteiger partial charge in [0, 0.05) is 12.6 Å². The normalized spacial score (nSPS) is 10.2. The Balaban J connectivity index is 1.83. The summed E-state index contributed by atoms with van der Waals surface area (Å²) in [4.78, 5) is 26.1. The van der Waals surface area contributed by atoms with Gasteiger partial charge in [0.1, 0.15) is 0 Å². The molecule has 2 aromatic heterocycles. The largest absolute Gasteiger partial charge is 0.481 e. The van der Waals surface area contributed by atoms with Gasteiger partial charge in [-0.2, -0.15) is 0 Å². The van der Waals surface area contributed by atoms with Gasteiger partial charge in [-0.05, 0) is 12.1 Å². The molecule has 0 aromatic carbocycles. The lowest BCUT2D eigenvalue weighted by molar-refractivity contribution is -0.136. The summed E-state index contributed by atoms with van der Waals surface area (Å²) < 4.78 is 1.56.